The van der Waals surface area contributed by atoms with Gasteiger partial charge in [-0.15, -0.1) is 0 Å². The third kappa shape index (κ3) is 3.29. The first-order valence-electron chi connectivity index (χ1n) is 7.68. The van der Waals surface area contributed by atoms with Gasteiger partial charge in [0.15, 0.2) is 0 Å². The number of methoxy groups -OCH3 is 1. The Morgan fingerprint density at radius 1 is 1.43 bits per heavy atom. The number of hydrogen-bond acceptors (Lipinski definition) is 3. The van der Waals surface area contributed by atoms with Crippen molar-refractivity contribution in [3.63, 3.8) is 0 Å². The van der Waals surface area contributed by atoms with Gasteiger partial charge >= 0.3 is 6.03 Å². The smallest absolute Gasteiger partial charge is 0.317 e. The van der Waals surface area contributed by atoms with E-state index in [1.807, 2.05) is 17.0 Å². The second-order valence-corrected chi connectivity index (χ2v) is 5.80. The van der Waals surface area contributed by atoms with Gasteiger partial charge < -0.3 is 20.3 Å². The second kappa shape index (κ2) is 6.35. The molecular weight excluding hydrogens is 266 g/mol. The zero-order chi connectivity index (χ0) is 14.7. The lowest BCUT2D eigenvalue weighted by atomic mass is 9.99. The quantitative estimate of drug-likeness (QED) is 0.868. The number of urea groups is 1. The molecule has 3 rings (SSSR count). The molecule has 5 heteroatoms. The summed E-state index contributed by atoms with van der Waals surface area (Å²) in [5, 5.41) is 6.47. The van der Waals surface area contributed by atoms with Crippen LogP contribution in [0.25, 0.3) is 0 Å². The van der Waals surface area contributed by atoms with Crippen molar-refractivity contribution in [1.82, 2.24) is 15.5 Å². The van der Waals surface area contributed by atoms with Crippen LogP contribution in [0, 0.1) is 0 Å². The molecule has 0 aliphatic carbocycles. The summed E-state index contributed by atoms with van der Waals surface area (Å²) in [5.41, 5.74) is 2.51. The molecule has 114 valence electrons. The first-order valence-corrected chi connectivity index (χ1v) is 7.68. The van der Waals surface area contributed by atoms with Crippen LogP contribution in [0.5, 0.6) is 5.75 Å². The lowest BCUT2D eigenvalue weighted by Crippen LogP contribution is -2.51. The third-order valence-corrected chi connectivity index (χ3v) is 4.34. The van der Waals surface area contributed by atoms with E-state index in [2.05, 4.69) is 16.7 Å². The molecule has 0 aromatic heterocycles. The Bertz CT molecular complexity index is 512. The molecule has 0 saturated carbocycles. The number of nitrogens with zero attached hydrogens (tertiary/aromatic N) is 1. The molecule has 1 saturated heterocycles. The molecule has 0 radical (unpaired) electrons. The van der Waals surface area contributed by atoms with E-state index in [1.165, 1.54) is 11.1 Å². The van der Waals surface area contributed by atoms with Crippen molar-refractivity contribution in [3.8, 4) is 5.75 Å². The Kier molecular flexibility index (Phi) is 4.29. The molecule has 2 N–H and O–H groups in total. The summed E-state index contributed by atoms with van der Waals surface area (Å²) in [6, 6.07) is 6.45. The number of piperidine rings is 1. The van der Waals surface area contributed by atoms with E-state index in [-0.39, 0.29) is 12.1 Å². The van der Waals surface area contributed by atoms with Gasteiger partial charge in [-0.1, -0.05) is 6.07 Å². The minimum Gasteiger partial charge on any atom is -0.497 e. The van der Waals surface area contributed by atoms with Gasteiger partial charge in [-0.05, 0) is 49.1 Å². The maximum absolute atomic E-state index is 12.4. The lowest BCUT2D eigenvalue weighted by Gasteiger charge is -2.32. The van der Waals surface area contributed by atoms with Crippen LogP contribution < -0.4 is 15.4 Å². The van der Waals surface area contributed by atoms with Gasteiger partial charge in [-0.3, -0.25) is 0 Å². The molecule has 2 aliphatic heterocycles. The van der Waals surface area contributed by atoms with Crippen LogP contribution in [0.2, 0.25) is 0 Å². The summed E-state index contributed by atoms with van der Waals surface area (Å²) >= 11 is 0. The lowest BCUT2D eigenvalue weighted by molar-refractivity contribution is 0.185. The average molecular weight is 289 g/mol. The fourth-order valence-electron chi connectivity index (χ4n) is 3.07. The number of carbonyl (C=O) groups is 1. The zero-order valence-electron chi connectivity index (χ0n) is 12.5. The maximum Gasteiger partial charge on any atom is 0.317 e. The predicted octanol–water partition coefficient (Wildman–Crippen LogP) is 1.51. The van der Waals surface area contributed by atoms with Crippen LogP contribution in [0.15, 0.2) is 18.2 Å². The number of amides is 2. The largest absolute Gasteiger partial charge is 0.497 e. The number of carbonyl (C=O) groups excluding carboxylic acids is 1. The summed E-state index contributed by atoms with van der Waals surface area (Å²) in [5.74, 6) is 0.854. The van der Waals surface area contributed by atoms with Crippen LogP contribution in [0.3, 0.4) is 0 Å². The monoisotopic (exact) mass is 289 g/mol. The van der Waals surface area contributed by atoms with E-state index in [9.17, 15) is 4.79 Å². The van der Waals surface area contributed by atoms with Crippen LogP contribution >= 0.6 is 0 Å². The molecular formula is C16H23N3O2. The first-order chi connectivity index (χ1) is 10.3. The number of ether oxygens (including phenoxy) is 1. The Labute approximate surface area is 125 Å². The topological polar surface area (TPSA) is 53.6 Å². The molecule has 5 nitrogen and oxygen atoms in total. The van der Waals surface area contributed by atoms with Crippen molar-refractivity contribution >= 4 is 6.03 Å². The molecule has 2 amide bonds. The fourth-order valence-corrected chi connectivity index (χ4v) is 3.07. The van der Waals surface area contributed by atoms with Crippen molar-refractivity contribution in [2.24, 2.45) is 0 Å². The molecule has 2 aliphatic rings. The van der Waals surface area contributed by atoms with E-state index >= 15 is 0 Å². The number of fused-ring (bicyclic) bond motifs is 1. The number of hydrogen-bond donors (Lipinski definition) is 2. The first kappa shape index (κ1) is 14.2. The van der Waals surface area contributed by atoms with Crippen LogP contribution in [-0.4, -0.2) is 43.7 Å². The van der Waals surface area contributed by atoms with Gasteiger partial charge in [0, 0.05) is 25.7 Å². The van der Waals surface area contributed by atoms with Gasteiger partial charge in [-0.2, -0.15) is 0 Å². The van der Waals surface area contributed by atoms with Crippen molar-refractivity contribution in [2.45, 2.75) is 31.8 Å². The molecule has 0 spiro atoms. The van der Waals surface area contributed by atoms with Crippen molar-refractivity contribution in [3.05, 3.63) is 29.3 Å². The van der Waals surface area contributed by atoms with Crippen LogP contribution in [0.4, 0.5) is 4.79 Å². The second-order valence-electron chi connectivity index (χ2n) is 5.80. The molecule has 1 aromatic rings. The van der Waals surface area contributed by atoms with Gasteiger partial charge in [0.05, 0.1) is 7.11 Å². The SMILES string of the molecule is COc1ccc2c(c1)CN(C(=O)N[C@@H]1CCCNC1)CC2. The molecule has 1 aromatic carbocycles. The van der Waals surface area contributed by atoms with Gasteiger partial charge in [-0.25, -0.2) is 4.79 Å². The van der Waals surface area contributed by atoms with Gasteiger partial charge in [0.25, 0.3) is 0 Å². The van der Waals surface area contributed by atoms with Gasteiger partial charge in [0.2, 0.25) is 0 Å². The molecule has 1 fully saturated rings. The maximum atomic E-state index is 12.4. The third-order valence-electron chi connectivity index (χ3n) is 4.34. The standard InChI is InChI=1S/C16H23N3O2/c1-21-15-5-4-12-6-8-19(11-13(12)9-15)16(20)18-14-3-2-7-17-10-14/h4-5,9,14,17H,2-3,6-8,10-11H2,1H3,(H,18,20)/t14-/m1/s1. The Morgan fingerprint density at radius 3 is 3.10 bits per heavy atom. The van der Waals surface area contributed by atoms with E-state index in [0.29, 0.717) is 6.54 Å². The molecule has 2 heterocycles. The Hall–Kier alpha value is -1.75. The molecule has 0 bridgehead atoms. The molecule has 0 unspecified atom stereocenters. The van der Waals surface area contributed by atoms with E-state index in [0.717, 1.165) is 44.6 Å². The molecule has 21 heavy (non-hydrogen) atoms. The summed E-state index contributed by atoms with van der Waals surface area (Å²) in [6.07, 6.45) is 3.11. The van der Waals surface area contributed by atoms with Crippen LogP contribution in [0.1, 0.15) is 24.0 Å². The predicted molar refractivity (Wildman–Crippen MR) is 81.5 cm³/mol. The highest BCUT2D eigenvalue weighted by Crippen LogP contribution is 2.23. The van der Waals surface area contributed by atoms with E-state index < -0.39 is 0 Å². The normalized spacial score (nSPS) is 21.6. The summed E-state index contributed by atoms with van der Waals surface area (Å²) in [7, 11) is 1.67. The summed E-state index contributed by atoms with van der Waals surface area (Å²) in [4.78, 5) is 14.3. The van der Waals surface area contributed by atoms with Crippen LogP contribution in [-0.2, 0) is 13.0 Å². The highest BCUT2D eigenvalue weighted by atomic mass is 16.5. The van der Waals surface area contributed by atoms with Crippen molar-refractivity contribution in [1.29, 1.82) is 0 Å². The Morgan fingerprint density at radius 2 is 2.33 bits per heavy atom. The van der Waals surface area contributed by atoms with Gasteiger partial charge in [0.1, 0.15) is 5.75 Å². The minimum atomic E-state index is 0.0529. The summed E-state index contributed by atoms with van der Waals surface area (Å²) in [6.45, 7) is 3.39. The van der Waals surface area contributed by atoms with Crippen molar-refractivity contribution in [2.75, 3.05) is 26.7 Å². The Balaban J connectivity index is 1.63. The number of benzene rings is 1. The van der Waals surface area contributed by atoms with E-state index in [4.69, 9.17) is 4.74 Å². The number of rotatable bonds is 2. The average Bonchev–Trinajstić information content (AvgIpc) is 2.54. The van der Waals surface area contributed by atoms with Crippen molar-refractivity contribution < 1.29 is 9.53 Å². The minimum absolute atomic E-state index is 0.0529. The van der Waals surface area contributed by atoms with E-state index in [1.54, 1.807) is 7.11 Å². The highest BCUT2D eigenvalue weighted by molar-refractivity contribution is 5.75. The summed E-state index contributed by atoms with van der Waals surface area (Å²) < 4.78 is 5.27. The zero-order valence-corrected chi connectivity index (χ0v) is 12.5. The number of nitrogens with one attached hydrogen (secondary N) is 2. The molecule has 1 atom stereocenters. The highest BCUT2D eigenvalue weighted by Gasteiger charge is 2.23. The fraction of sp³-hybridized carbons (Fsp3) is 0.562.